The van der Waals surface area contributed by atoms with E-state index in [9.17, 15) is 32.3 Å². The molecule has 2 aliphatic rings. The molecule has 230 valence electrons. The zero-order valence-electron chi connectivity index (χ0n) is 24.3. The number of carbonyl (C=O) groups excluding carboxylic acids is 2. The maximum atomic E-state index is 13.7. The molecule has 0 radical (unpaired) electrons. The van der Waals surface area contributed by atoms with Crippen LogP contribution in [0.3, 0.4) is 0 Å². The molecule has 2 fully saturated rings. The molecular formula is C30H30F3N7O4. The van der Waals surface area contributed by atoms with Gasteiger partial charge in [-0.3, -0.25) is 33.0 Å². The number of halogens is 3. The van der Waals surface area contributed by atoms with Gasteiger partial charge in [0.1, 0.15) is 0 Å². The van der Waals surface area contributed by atoms with Crippen LogP contribution in [-0.2, 0) is 36.4 Å². The summed E-state index contributed by atoms with van der Waals surface area (Å²) in [6, 6.07) is 11.5. The van der Waals surface area contributed by atoms with Crippen LogP contribution in [0.4, 0.5) is 24.8 Å². The van der Waals surface area contributed by atoms with Crippen LogP contribution < -0.4 is 21.0 Å². The van der Waals surface area contributed by atoms with E-state index in [0.717, 1.165) is 27.8 Å². The zero-order valence-corrected chi connectivity index (χ0v) is 24.3. The molecule has 2 amide bonds. The fourth-order valence-corrected chi connectivity index (χ4v) is 6.12. The van der Waals surface area contributed by atoms with Gasteiger partial charge in [0.25, 0.3) is 11.5 Å². The Hall–Kier alpha value is -4.72. The summed E-state index contributed by atoms with van der Waals surface area (Å²) in [5.74, 6) is -0.893. The van der Waals surface area contributed by atoms with Crippen LogP contribution in [0.5, 0.6) is 0 Å². The molecule has 0 bridgehead atoms. The smallest absolute Gasteiger partial charge is 0.340 e. The van der Waals surface area contributed by atoms with Crippen molar-refractivity contribution in [1.82, 2.24) is 23.6 Å². The quantitative estimate of drug-likeness (QED) is 0.320. The molecule has 2 aliphatic heterocycles. The van der Waals surface area contributed by atoms with Gasteiger partial charge in [-0.1, -0.05) is 42.0 Å². The van der Waals surface area contributed by atoms with Gasteiger partial charge in [0.15, 0.2) is 11.2 Å². The number of hydrogen-bond donors (Lipinski definition) is 0. The van der Waals surface area contributed by atoms with Crippen LogP contribution in [0.1, 0.15) is 23.1 Å². The van der Waals surface area contributed by atoms with Gasteiger partial charge in [-0.15, -0.1) is 0 Å². The molecule has 4 heterocycles. The number of rotatable bonds is 5. The minimum absolute atomic E-state index is 0.227. The third-order valence-corrected chi connectivity index (χ3v) is 8.36. The molecular weight excluding hydrogens is 579 g/mol. The van der Waals surface area contributed by atoms with E-state index in [1.807, 2.05) is 36.1 Å². The van der Waals surface area contributed by atoms with Gasteiger partial charge in [-0.2, -0.15) is 18.2 Å². The number of alkyl halides is 3. The third kappa shape index (κ3) is 4.88. The second-order valence-corrected chi connectivity index (χ2v) is 11.2. The number of imidazole rings is 1. The Morgan fingerprint density at radius 3 is 2.30 bits per heavy atom. The Morgan fingerprint density at radius 1 is 0.909 bits per heavy atom. The number of anilines is 2. The van der Waals surface area contributed by atoms with Crippen molar-refractivity contribution < 1.29 is 22.8 Å². The number of imide groups is 1. The standard InChI is InChI=1S/C30H30F3N7O4/c1-18-7-6-8-19(15-18)17-39-24-25(35(2)29(44)36(3)27(24)43)34-28(39)38-13-11-37(12-14-38)22-16-23(41)40(26(22)42)21-10-5-4-9-20(21)30(31,32)33/h4-10,15,22H,11-14,16-17H2,1-3H3. The molecule has 0 N–H and O–H groups in total. The molecule has 2 aromatic heterocycles. The number of carbonyl (C=O) groups is 2. The van der Waals surface area contributed by atoms with Gasteiger partial charge in [0, 0.05) is 40.3 Å². The average molecular weight is 610 g/mol. The maximum absolute atomic E-state index is 13.7. The lowest BCUT2D eigenvalue weighted by Crippen LogP contribution is -2.53. The predicted octanol–water partition coefficient (Wildman–Crippen LogP) is 2.26. The van der Waals surface area contributed by atoms with E-state index >= 15 is 0 Å². The summed E-state index contributed by atoms with van der Waals surface area (Å²) in [5.41, 5.74) is 0.0400. The summed E-state index contributed by atoms with van der Waals surface area (Å²) in [5, 5.41) is 0. The topological polar surface area (TPSA) is 106 Å². The normalized spacial score (nSPS) is 18.2. The van der Waals surface area contributed by atoms with Crippen molar-refractivity contribution in [2.75, 3.05) is 36.0 Å². The monoisotopic (exact) mass is 609 g/mol. The number of benzene rings is 2. The largest absolute Gasteiger partial charge is 0.418 e. The fourth-order valence-electron chi connectivity index (χ4n) is 6.12. The van der Waals surface area contributed by atoms with Crippen molar-refractivity contribution in [1.29, 1.82) is 0 Å². The highest BCUT2D eigenvalue weighted by molar-refractivity contribution is 6.22. The summed E-state index contributed by atoms with van der Waals surface area (Å²) >= 11 is 0. The van der Waals surface area contributed by atoms with E-state index in [2.05, 4.69) is 0 Å². The second-order valence-electron chi connectivity index (χ2n) is 11.2. The highest BCUT2D eigenvalue weighted by Gasteiger charge is 2.46. The zero-order chi connectivity index (χ0) is 31.5. The minimum Gasteiger partial charge on any atom is -0.340 e. The molecule has 14 heteroatoms. The van der Waals surface area contributed by atoms with Crippen LogP contribution in [0.15, 0.2) is 58.1 Å². The molecule has 4 aromatic rings. The lowest BCUT2D eigenvalue weighted by molar-refractivity contribution is -0.137. The van der Waals surface area contributed by atoms with Crippen molar-refractivity contribution >= 4 is 34.6 Å². The molecule has 1 atom stereocenters. The molecule has 2 aromatic carbocycles. The second kappa shape index (κ2) is 10.8. The number of nitrogens with zero attached hydrogens (tertiary/aromatic N) is 7. The van der Waals surface area contributed by atoms with Crippen LogP contribution in [0.2, 0.25) is 0 Å². The Labute approximate surface area is 249 Å². The van der Waals surface area contributed by atoms with Gasteiger partial charge >= 0.3 is 11.9 Å². The highest BCUT2D eigenvalue weighted by atomic mass is 19.4. The van der Waals surface area contributed by atoms with E-state index < -0.39 is 46.5 Å². The molecule has 1 unspecified atom stereocenters. The molecule has 0 saturated carbocycles. The first kappa shape index (κ1) is 29.4. The number of amides is 2. The third-order valence-electron chi connectivity index (χ3n) is 8.36. The van der Waals surface area contributed by atoms with Crippen molar-refractivity contribution in [3.8, 4) is 0 Å². The van der Waals surface area contributed by atoms with Crippen LogP contribution >= 0.6 is 0 Å². The maximum Gasteiger partial charge on any atom is 0.418 e. The lowest BCUT2D eigenvalue weighted by Gasteiger charge is -2.37. The molecule has 0 spiro atoms. The Kier molecular flexibility index (Phi) is 7.19. The SMILES string of the molecule is Cc1cccc(Cn2c(N3CCN(C4CC(=O)N(c5ccccc5C(F)(F)F)C4=O)CC3)nc3c2c(=O)n(C)c(=O)n3C)c1. The molecule has 11 nitrogen and oxygen atoms in total. The van der Waals surface area contributed by atoms with Crippen molar-refractivity contribution in [3.63, 3.8) is 0 Å². The van der Waals surface area contributed by atoms with E-state index in [-0.39, 0.29) is 17.6 Å². The van der Waals surface area contributed by atoms with Crippen molar-refractivity contribution in [3.05, 3.63) is 86.1 Å². The van der Waals surface area contributed by atoms with Crippen molar-refractivity contribution in [2.45, 2.75) is 32.1 Å². The number of aromatic nitrogens is 4. The number of aryl methyl sites for hydroxylation is 2. The van der Waals surface area contributed by atoms with Gasteiger partial charge < -0.3 is 4.90 Å². The van der Waals surface area contributed by atoms with Crippen LogP contribution in [0, 0.1) is 6.92 Å². The van der Waals surface area contributed by atoms with E-state index in [4.69, 9.17) is 4.98 Å². The molecule has 6 rings (SSSR count). The first-order valence-corrected chi connectivity index (χ1v) is 14.1. The van der Waals surface area contributed by atoms with Crippen LogP contribution in [-0.4, -0.2) is 67.6 Å². The number of para-hydroxylation sites is 1. The summed E-state index contributed by atoms with van der Waals surface area (Å²) in [7, 11) is 2.98. The number of fused-ring (bicyclic) bond motifs is 1. The fraction of sp³-hybridized carbons (Fsp3) is 0.367. The van der Waals surface area contributed by atoms with Gasteiger partial charge in [0.2, 0.25) is 11.9 Å². The van der Waals surface area contributed by atoms with Crippen LogP contribution in [0.25, 0.3) is 11.2 Å². The lowest BCUT2D eigenvalue weighted by atomic mass is 10.1. The summed E-state index contributed by atoms with van der Waals surface area (Å²) in [6.07, 6.45) is -4.95. The summed E-state index contributed by atoms with van der Waals surface area (Å²) in [4.78, 5) is 61.4. The van der Waals surface area contributed by atoms with E-state index in [1.165, 1.54) is 23.7 Å². The minimum atomic E-state index is -4.73. The first-order valence-electron chi connectivity index (χ1n) is 14.1. The van der Waals surface area contributed by atoms with Gasteiger partial charge in [-0.05, 0) is 24.6 Å². The average Bonchev–Trinajstić information content (AvgIpc) is 3.51. The number of hydrogen-bond acceptors (Lipinski definition) is 7. The predicted molar refractivity (Wildman–Crippen MR) is 157 cm³/mol. The molecule has 0 aliphatic carbocycles. The Bertz CT molecular complexity index is 1920. The van der Waals surface area contributed by atoms with E-state index in [0.29, 0.717) is 43.6 Å². The molecule has 44 heavy (non-hydrogen) atoms. The van der Waals surface area contributed by atoms with Gasteiger partial charge in [-0.25, -0.2) is 9.69 Å². The van der Waals surface area contributed by atoms with E-state index in [1.54, 1.807) is 16.5 Å². The Morgan fingerprint density at radius 2 is 1.61 bits per heavy atom. The van der Waals surface area contributed by atoms with Gasteiger partial charge in [0.05, 0.1) is 30.3 Å². The molecule has 2 saturated heterocycles. The Balaban J connectivity index is 1.29. The highest BCUT2D eigenvalue weighted by Crippen LogP contribution is 2.39. The van der Waals surface area contributed by atoms with Crippen molar-refractivity contribution in [2.24, 2.45) is 14.1 Å². The first-order chi connectivity index (χ1) is 20.9. The number of piperazine rings is 1. The summed E-state index contributed by atoms with van der Waals surface area (Å²) < 4.78 is 45.2. The summed E-state index contributed by atoms with van der Waals surface area (Å²) in [6.45, 7) is 3.66.